The monoisotopic (exact) mass is 470 g/mol. The van der Waals surface area contributed by atoms with E-state index < -0.39 is 0 Å². The molecule has 1 saturated carbocycles. The summed E-state index contributed by atoms with van der Waals surface area (Å²) >= 11 is 1.54. The molecule has 7 nitrogen and oxygen atoms in total. The number of anilines is 1. The summed E-state index contributed by atoms with van der Waals surface area (Å²) in [6, 6.07) is 5.25. The molecule has 33 heavy (non-hydrogen) atoms. The lowest BCUT2D eigenvalue weighted by atomic mass is 9.54. The van der Waals surface area contributed by atoms with Crippen molar-refractivity contribution in [1.82, 2.24) is 4.98 Å². The van der Waals surface area contributed by atoms with Crippen molar-refractivity contribution in [2.24, 2.45) is 23.2 Å². The zero-order valence-electron chi connectivity index (χ0n) is 19.6. The van der Waals surface area contributed by atoms with Crippen LogP contribution in [0.3, 0.4) is 0 Å². The third-order valence-electron chi connectivity index (χ3n) is 8.03. The van der Waals surface area contributed by atoms with Gasteiger partial charge in [-0.3, -0.25) is 14.9 Å². The lowest BCUT2D eigenvalue weighted by Gasteiger charge is -2.51. The predicted molar refractivity (Wildman–Crippen MR) is 125 cm³/mol. The van der Waals surface area contributed by atoms with Gasteiger partial charge in [0, 0.05) is 22.6 Å². The van der Waals surface area contributed by atoms with Gasteiger partial charge in [0.15, 0.2) is 5.13 Å². The van der Waals surface area contributed by atoms with Gasteiger partial charge in [-0.05, 0) is 36.8 Å². The molecule has 176 valence electrons. The summed E-state index contributed by atoms with van der Waals surface area (Å²) in [7, 11) is 3.06. The van der Waals surface area contributed by atoms with Gasteiger partial charge in [-0.1, -0.05) is 26.8 Å². The molecular weight excluding hydrogens is 440 g/mol. The topological polar surface area (TPSA) is 86.8 Å². The van der Waals surface area contributed by atoms with E-state index in [4.69, 9.17) is 19.2 Å². The first-order valence-electron chi connectivity index (χ1n) is 11.5. The third-order valence-corrected chi connectivity index (χ3v) is 9.02. The molecule has 6 atom stereocenters. The number of amides is 1. The standard InChI is InChI=1S/C25H30N2O5S/c1-12-14-9-10-25(3)11-17-20(13(2)19(25)21(14)32-23(12)29)26-24(33-17)27-22(28)18-15(30-4)7-6-8-16(18)31-5/h6-8,12-14,19,21H,9-11H2,1-5H3,(H,26,27,28)/t12-,13+,14-,19+,21+,25+/m0/s1. The third kappa shape index (κ3) is 3.41. The molecule has 0 radical (unpaired) electrons. The summed E-state index contributed by atoms with van der Waals surface area (Å²) in [4.78, 5) is 31.5. The van der Waals surface area contributed by atoms with Crippen molar-refractivity contribution in [3.05, 3.63) is 34.3 Å². The van der Waals surface area contributed by atoms with E-state index in [0.717, 1.165) is 25.0 Å². The molecule has 1 aliphatic heterocycles. The lowest BCUT2D eigenvalue weighted by Crippen LogP contribution is -2.50. The second kappa shape index (κ2) is 8.01. The number of nitrogens with zero attached hydrogens (tertiary/aromatic N) is 1. The van der Waals surface area contributed by atoms with Gasteiger partial charge in [0.25, 0.3) is 5.91 Å². The normalized spacial score (nSPS) is 32.3. The maximum Gasteiger partial charge on any atom is 0.309 e. The van der Waals surface area contributed by atoms with Crippen molar-refractivity contribution in [2.45, 2.75) is 52.1 Å². The van der Waals surface area contributed by atoms with Gasteiger partial charge in [0.05, 0.1) is 25.8 Å². The lowest BCUT2D eigenvalue weighted by molar-refractivity contribution is -0.149. The maximum atomic E-state index is 13.1. The summed E-state index contributed by atoms with van der Waals surface area (Å²) in [6.07, 6.45) is 2.93. The molecule has 2 fully saturated rings. The molecule has 0 bridgehead atoms. The van der Waals surface area contributed by atoms with Crippen LogP contribution in [0.25, 0.3) is 0 Å². The number of rotatable bonds is 4. The Kier molecular flexibility index (Phi) is 5.39. The van der Waals surface area contributed by atoms with E-state index in [-0.39, 0.29) is 47.1 Å². The minimum atomic E-state index is -0.315. The van der Waals surface area contributed by atoms with Crippen molar-refractivity contribution in [2.75, 3.05) is 19.5 Å². The summed E-state index contributed by atoms with van der Waals surface area (Å²) < 4.78 is 16.7. The van der Waals surface area contributed by atoms with E-state index in [1.54, 1.807) is 18.2 Å². The fourth-order valence-corrected chi connectivity index (χ4v) is 7.63. The molecule has 1 amide bonds. The van der Waals surface area contributed by atoms with E-state index in [9.17, 15) is 9.59 Å². The summed E-state index contributed by atoms with van der Waals surface area (Å²) in [5.74, 6) is 1.15. The molecule has 2 aliphatic carbocycles. The highest BCUT2D eigenvalue weighted by molar-refractivity contribution is 7.16. The number of ether oxygens (including phenoxy) is 3. The minimum absolute atomic E-state index is 0.0331. The Hall–Kier alpha value is -2.61. The van der Waals surface area contributed by atoms with Crippen molar-refractivity contribution in [3.8, 4) is 11.5 Å². The van der Waals surface area contributed by atoms with E-state index in [1.165, 1.54) is 30.4 Å². The molecule has 0 unspecified atom stereocenters. The number of hydrogen-bond acceptors (Lipinski definition) is 7. The van der Waals surface area contributed by atoms with E-state index in [2.05, 4.69) is 19.2 Å². The fourth-order valence-electron chi connectivity index (χ4n) is 6.37. The minimum Gasteiger partial charge on any atom is -0.496 e. The average Bonchev–Trinajstić information content (AvgIpc) is 3.32. The Morgan fingerprint density at radius 2 is 1.91 bits per heavy atom. The zero-order chi connectivity index (χ0) is 23.5. The van der Waals surface area contributed by atoms with Crippen LogP contribution in [0.15, 0.2) is 18.2 Å². The molecule has 1 saturated heterocycles. The number of thiazole rings is 1. The van der Waals surface area contributed by atoms with Gasteiger partial charge in [-0.2, -0.15) is 0 Å². The van der Waals surface area contributed by atoms with Gasteiger partial charge >= 0.3 is 5.97 Å². The van der Waals surface area contributed by atoms with Crippen LogP contribution in [0, 0.1) is 23.2 Å². The van der Waals surface area contributed by atoms with Crippen LogP contribution < -0.4 is 14.8 Å². The van der Waals surface area contributed by atoms with Gasteiger partial charge < -0.3 is 14.2 Å². The smallest absolute Gasteiger partial charge is 0.309 e. The Morgan fingerprint density at radius 3 is 2.58 bits per heavy atom. The quantitative estimate of drug-likeness (QED) is 0.654. The number of methoxy groups -OCH3 is 2. The predicted octanol–water partition coefficient (Wildman–Crippen LogP) is 4.67. The number of aromatic nitrogens is 1. The number of fused-ring (bicyclic) bond motifs is 4. The first-order chi connectivity index (χ1) is 15.8. The van der Waals surface area contributed by atoms with Crippen LogP contribution in [0.5, 0.6) is 11.5 Å². The van der Waals surface area contributed by atoms with Gasteiger partial charge in [-0.15, -0.1) is 11.3 Å². The van der Waals surface area contributed by atoms with Gasteiger partial charge in [0.2, 0.25) is 0 Å². The SMILES string of the molecule is COc1cccc(OC)c1C(=O)Nc1nc2c(s1)C[C@@]1(C)CC[C@@H]3[C@@H](OC(=O)[C@H]3C)[C@H]1[C@H]2C. The second-order valence-corrected chi connectivity index (χ2v) is 10.9. The first-order valence-corrected chi connectivity index (χ1v) is 12.3. The first kappa shape index (κ1) is 22.2. The van der Waals surface area contributed by atoms with Gasteiger partial charge in [-0.25, -0.2) is 4.98 Å². The summed E-state index contributed by atoms with van der Waals surface area (Å²) in [5, 5.41) is 3.53. The van der Waals surface area contributed by atoms with E-state index >= 15 is 0 Å². The highest BCUT2D eigenvalue weighted by Gasteiger charge is 2.58. The second-order valence-electron chi connectivity index (χ2n) is 9.86. The zero-order valence-corrected chi connectivity index (χ0v) is 20.5. The number of nitrogens with one attached hydrogen (secondary N) is 1. The maximum absolute atomic E-state index is 13.1. The van der Waals surface area contributed by atoms with Crippen LogP contribution in [0.4, 0.5) is 5.13 Å². The molecule has 1 aromatic carbocycles. The highest BCUT2D eigenvalue weighted by Crippen LogP contribution is 2.59. The van der Waals surface area contributed by atoms with Crippen LogP contribution in [-0.4, -0.2) is 37.2 Å². The molecule has 2 aromatic rings. The molecule has 1 N–H and O–H groups in total. The Labute approximate surface area is 197 Å². The van der Waals surface area contributed by atoms with Crippen molar-refractivity contribution >= 4 is 28.3 Å². The Bertz CT molecular complexity index is 1090. The van der Waals surface area contributed by atoms with Gasteiger partial charge in [0.1, 0.15) is 23.2 Å². The number of esters is 1. The van der Waals surface area contributed by atoms with E-state index in [1.807, 2.05) is 6.92 Å². The molecule has 0 spiro atoms. The number of hydrogen-bond donors (Lipinski definition) is 1. The molecule has 8 heteroatoms. The van der Waals surface area contributed by atoms with Crippen molar-refractivity contribution < 1.29 is 23.8 Å². The van der Waals surface area contributed by atoms with Crippen LogP contribution in [0.1, 0.15) is 60.5 Å². The molecule has 5 rings (SSSR count). The van der Waals surface area contributed by atoms with Crippen molar-refractivity contribution in [3.63, 3.8) is 0 Å². The molecular formula is C25H30N2O5S. The van der Waals surface area contributed by atoms with E-state index in [0.29, 0.717) is 22.2 Å². The Morgan fingerprint density at radius 1 is 1.21 bits per heavy atom. The van der Waals surface area contributed by atoms with Crippen molar-refractivity contribution in [1.29, 1.82) is 0 Å². The van der Waals surface area contributed by atoms with Crippen LogP contribution >= 0.6 is 11.3 Å². The summed E-state index contributed by atoms with van der Waals surface area (Å²) in [6.45, 7) is 6.51. The molecule has 1 aromatic heterocycles. The van der Waals surface area contributed by atoms with Crippen LogP contribution in [0.2, 0.25) is 0 Å². The number of carbonyl (C=O) groups is 2. The largest absolute Gasteiger partial charge is 0.496 e. The molecule has 2 heterocycles. The van der Waals surface area contributed by atoms with Crippen LogP contribution in [-0.2, 0) is 16.0 Å². The molecule has 3 aliphatic rings. The average molecular weight is 471 g/mol. The fraction of sp³-hybridized carbons (Fsp3) is 0.560. The Balaban J connectivity index is 1.44. The number of carbonyl (C=O) groups excluding carboxylic acids is 2. The summed E-state index contributed by atoms with van der Waals surface area (Å²) in [5.41, 5.74) is 1.41. The highest BCUT2D eigenvalue weighted by atomic mass is 32.1. The number of benzene rings is 1.